The van der Waals surface area contributed by atoms with E-state index in [0.29, 0.717) is 43.9 Å². The smallest absolute Gasteiger partial charge is 0.243 e. The normalized spacial score (nSPS) is 16.6. The Morgan fingerprint density at radius 1 is 1.12 bits per heavy atom. The molecular weight excluding hydrogens is 338 g/mol. The predicted molar refractivity (Wildman–Crippen MR) is 95.6 cm³/mol. The number of amides is 1. The minimum atomic E-state index is -3.52. The van der Waals surface area contributed by atoms with Crippen molar-refractivity contribution < 1.29 is 13.2 Å². The number of nitrogens with one attached hydrogen (secondary N) is 1. The van der Waals surface area contributed by atoms with E-state index < -0.39 is 10.0 Å². The van der Waals surface area contributed by atoms with Gasteiger partial charge in [0, 0.05) is 38.1 Å². The SMILES string of the molecule is Cc1cccc(S(=O)(=O)N2CCCN(C(=O)Cc3ccc[nH]3)CC2)c1. The number of aryl methyl sites for hydroxylation is 1. The summed E-state index contributed by atoms with van der Waals surface area (Å²) in [6.45, 7) is 3.64. The molecule has 0 saturated carbocycles. The Hall–Kier alpha value is -2.12. The van der Waals surface area contributed by atoms with Crippen molar-refractivity contribution >= 4 is 15.9 Å². The van der Waals surface area contributed by atoms with Gasteiger partial charge in [0.2, 0.25) is 15.9 Å². The first-order chi connectivity index (χ1) is 12.0. The molecule has 0 atom stereocenters. The molecule has 1 saturated heterocycles. The third kappa shape index (κ3) is 4.11. The van der Waals surface area contributed by atoms with Crippen LogP contribution in [0.15, 0.2) is 47.5 Å². The molecule has 1 N–H and O–H groups in total. The van der Waals surface area contributed by atoms with E-state index in [1.165, 1.54) is 4.31 Å². The number of rotatable bonds is 4. The maximum Gasteiger partial charge on any atom is 0.243 e. The standard InChI is InChI=1S/C18H23N3O3S/c1-15-5-2-7-17(13-15)25(23,24)21-10-4-9-20(11-12-21)18(22)14-16-6-3-8-19-16/h2-3,5-8,13,19H,4,9-12,14H2,1H3. The molecule has 0 unspecified atom stereocenters. The van der Waals surface area contributed by atoms with Gasteiger partial charge in [0.05, 0.1) is 11.3 Å². The molecule has 3 rings (SSSR count). The highest BCUT2D eigenvalue weighted by molar-refractivity contribution is 7.89. The molecule has 2 heterocycles. The minimum Gasteiger partial charge on any atom is -0.365 e. The number of carbonyl (C=O) groups excluding carboxylic acids is 1. The maximum absolute atomic E-state index is 12.8. The fraction of sp³-hybridized carbons (Fsp3) is 0.389. The average molecular weight is 361 g/mol. The highest BCUT2D eigenvalue weighted by Gasteiger charge is 2.28. The number of H-pyrrole nitrogens is 1. The first kappa shape index (κ1) is 17.7. The Morgan fingerprint density at radius 3 is 2.68 bits per heavy atom. The highest BCUT2D eigenvalue weighted by Crippen LogP contribution is 2.19. The van der Waals surface area contributed by atoms with E-state index in [9.17, 15) is 13.2 Å². The Balaban J connectivity index is 1.68. The van der Waals surface area contributed by atoms with Crippen LogP contribution in [0.25, 0.3) is 0 Å². The Bertz CT molecular complexity index is 831. The van der Waals surface area contributed by atoms with Gasteiger partial charge in [0.15, 0.2) is 0 Å². The molecule has 6 nitrogen and oxygen atoms in total. The van der Waals surface area contributed by atoms with Crippen molar-refractivity contribution in [2.45, 2.75) is 24.7 Å². The lowest BCUT2D eigenvalue weighted by molar-refractivity contribution is -0.130. The molecule has 1 amide bonds. The number of carbonyl (C=O) groups is 1. The summed E-state index contributed by atoms with van der Waals surface area (Å²) in [5, 5.41) is 0. The van der Waals surface area contributed by atoms with E-state index in [1.54, 1.807) is 29.3 Å². The summed E-state index contributed by atoms with van der Waals surface area (Å²) >= 11 is 0. The van der Waals surface area contributed by atoms with Crippen LogP contribution in [0.2, 0.25) is 0 Å². The number of aromatic amines is 1. The van der Waals surface area contributed by atoms with Crippen LogP contribution in [0, 0.1) is 6.92 Å². The van der Waals surface area contributed by atoms with Gasteiger partial charge in [-0.05, 0) is 43.2 Å². The van der Waals surface area contributed by atoms with Crippen molar-refractivity contribution in [3.63, 3.8) is 0 Å². The zero-order valence-corrected chi connectivity index (χ0v) is 15.1. The van der Waals surface area contributed by atoms with Crippen molar-refractivity contribution in [1.29, 1.82) is 0 Å². The van der Waals surface area contributed by atoms with E-state index in [4.69, 9.17) is 0 Å². The summed E-state index contributed by atoms with van der Waals surface area (Å²) in [6, 6.07) is 10.7. The van der Waals surface area contributed by atoms with E-state index in [-0.39, 0.29) is 5.91 Å². The lowest BCUT2D eigenvalue weighted by Crippen LogP contribution is -2.38. The highest BCUT2D eigenvalue weighted by atomic mass is 32.2. The van der Waals surface area contributed by atoms with Crippen LogP contribution in [0.5, 0.6) is 0 Å². The minimum absolute atomic E-state index is 0.0252. The van der Waals surface area contributed by atoms with Gasteiger partial charge in [0.1, 0.15) is 0 Å². The molecule has 1 aromatic carbocycles. The van der Waals surface area contributed by atoms with E-state index in [0.717, 1.165) is 11.3 Å². The van der Waals surface area contributed by atoms with Crippen molar-refractivity contribution in [3.05, 3.63) is 53.9 Å². The molecule has 0 radical (unpaired) electrons. The zero-order valence-electron chi connectivity index (χ0n) is 14.3. The molecule has 0 aliphatic carbocycles. The Kier molecular flexibility index (Phi) is 5.24. The Morgan fingerprint density at radius 2 is 1.96 bits per heavy atom. The fourth-order valence-corrected chi connectivity index (χ4v) is 4.64. The maximum atomic E-state index is 12.8. The summed E-state index contributed by atoms with van der Waals surface area (Å²) in [7, 11) is -3.52. The zero-order chi connectivity index (χ0) is 17.9. The third-order valence-electron chi connectivity index (χ3n) is 4.44. The fourth-order valence-electron chi connectivity index (χ4n) is 3.06. The first-order valence-electron chi connectivity index (χ1n) is 8.44. The monoisotopic (exact) mass is 361 g/mol. The second-order valence-corrected chi connectivity index (χ2v) is 8.27. The summed E-state index contributed by atoms with van der Waals surface area (Å²) in [6.07, 6.45) is 2.75. The van der Waals surface area contributed by atoms with E-state index >= 15 is 0 Å². The molecule has 0 spiro atoms. The number of nitrogens with zero attached hydrogens (tertiary/aromatic N) is 2. The number of hydrogen-bond donors (Lipinski definition) is 1. The summed E-state index contributed by atoms with van der Waals surface area (Å²) < 4.78 is 27.2. The molecule has 1 aromatic heterocycles. The van der Waals surface area contributed by atoms with Gasteiger partial charge in [-0.3, -0.25) is 4.79 Å². The summed E-state index contributed by atoms with van der Waals surface area (Å²) in [4.78, 5) is 17.5. The quantitative estimate of drug-likeness (QED) is 0.902. The molecular formula is C18H23N3O3S. The van der Waals surface area contributed by atoms with Crippen molar-refractivity contribution in [2.75, 3.05) is 26.2 Å². The predicted octanol–water partition coefficient (Wildman–Crippen LogP) is 1.79. The number of sulfonamides is 1. The lowest BCUT2D eigenvalue weighted by atomic mass is 10.2. The second kappa shape index (κ2) is 7.41. The molecule has 25 heavy (non-hydrogen) atoms. The lowest BCUT2D eigenvalue weighted by Gasteiger charge is -2.22. The number of aromatic nitrogens is 1. The molecule has 134 valence electrons. The van der Waals surface area contributed by atoms with Gasteiger partial charge < -0.3 is 9.88 Å². The van der Waals surface area contributed by atoms with E-state index in [1.807, 2.05) is 25.1 Å². The van der Waals surface area contributed by atoms with Crippen LogP contribution in [0.4, 0.5) is 0 Å². The van der Waals surface area contributed by atoms with Crippen LogP contribution in [-0.4, -0.2) is 54.7 Å². The number of benzene rings is 1. The first-order valence-corrected chi connectivity index (χ1v) is 9.88. The van der Waals surface area contributed by atoms with Crippen molar-refractivity contribution in [3.8, 4) is 0 Å². The number of hydrogen-bond acceptors (Lipinski definition) is 3. The molecule has 7 heteroatoms. The van der Waals surface area contributed by atoms with Gasteiger partial charge in [-0.15, -0.1) is 0 Å². The van der Waals surface area contributed by atoms with Gasteiger partial charge >= 0.3 is 0 Å². The van der Waals surface area contributed by atoms with Crippen molar-refractivity contribution in [1.82, 2.24) is 14.2 Å². The van der Waals surface area contributed by atoms with Crippen LogP contribution < -0.4 is 0 Å². The van der Waals surface area contributed by atoms with Gasteiger partial charge in [-0.25, -0.2) is 8.42 Å². The van der Waals surface area contributed by atoms with Gasteiger partial charge in [-0.1, -0.05) is 12.1 Å². The van der Waals surface area contributed by atoms with Crippen LogP contribution >= 0.6 is 0 Å². The van der Waals surface area contributed by atoms with Gasteiger partial charge in [0.25, 0.3) is 0 Å². The van der Waals surface area contributed by atoms with Crippen LogP contribution in [0.1, 0.15) is 17.7 Å². The largest absolute Gasteiger partial charge is 0.365 e. The van der Waals surface area contributed by atoms with Crippen molar-refractivity contribution in [2.24, 2.45) is 0 Å². The molecule has 0 bridgehead atoms. The summed E-state index contributed by atoms with van der Waals surface area (Å²) in [5.74, 6) is 0.0252. The molecule has 1 aliphatic heterocycles. The average Bonchev–Trinajstić information content (AvgIpc) is 2.95. The van der Waals surface area contributed by atoms with E-state index in [2.05, 4.69) is 4.98 Å². The molecule has 1 fully saturated rings. The van der Waals surface area contributed by atoms with Gasteiger partial charge in [-0.2, -0.15) is 4.31 Å². The summed E-state index contributed by atoms with van der Waals surface area (Å²) in [5.41, 5.74) is 1.79. The topological polar surface area (TPSA) is 73.5 Å². The van der Waals surface area contributed by atoms with Crippen LogP contribution in [0.3, 0.4) is 0 Å². The second-order valence-electron chi connectivity index (χ2n) is 6.33. The van der Waals surface area contributed by atoms with Crippen LogP contribution in [-0.2, 0) is 21.2 Å². The Labute approximate surface area is 148 Å². The third-order valence-corrected chi connectivity index (χ3v) is 6.33. The molecule has 2 aromatic rings. The molecule has 1 aliphatic rings.